The van der Waals surface area contributed by atoms with Crippen molar-refractivity contribution in [3.05, 3.63) is 35.4 Å². The summed E-state index contributed by atoms with van der Waals surface area (Å²) >= 11 is 0. The highest BCUT2D eigenvalue weighted by Crippen LogP contribution is 2.13. The molecule has 0 heterocycles. The number of carboxylic acids is 1. The number of hydrogen-bond acceptors (Lipinski definition) is 3. The zero-order valence-corrected chi connectivity index (χ0v) is 14.9. The summed E-state index contributed by atoms with van der Waals surface area (Å²) in [6.45, 7) is 3.46. The van der Waals surface area contributed by atoms with Crippen LogP contribution in [-0.2, 0) is 27.5 Å². The smallest absolute Gasteiger partial charge is 0.307 e. The molecule has 0 radical (unpaired) electrons. The van der Waals surface area contributed by atoms with E-state index in [2.05, 4.69) is 0 Å². The number of aliphatic carboxylic acids is 1. The molecule has 23 heavy (non-hydrogen) atoms. The number of sulfone groups is 1. The predicted octanol–water partition coefficient (Wildman–Crippen LogP) is 3.63. The maximum atomic E-state index is 11.7. The first kappa shape index (κ1) is 19.7. The zero-order chi connectivity index (χ0) is 17.3. The molecule has 1 aromatic carbocycles. The van der Waals surface area contributed by atoms with Gasteiger partial charge in [-0.25, -0.2) is 8.42 Å². The van der Waals surface area contributed by atoms with Crippen LogP contribution < -0.4 is 0 Å². The number of carboxylic acid groups (broad SMARTS) is 1. The lowest BCUT2D eigenvalue weighted by atomic mass is 10.0. The van der Waals surface area contributed by atoms with Crippen molar-refractivity contribution in [2.45, 2.75) is 64.0 Å². The van der Waals surface area contributed by atoms with Crippen LogP contribution in [0.5, 0.6) is 0 Å². The molecule has 0 amide bonds. The van der Waals surface area contributed by atoms with Gasteiger partial charge in [0, 0.05) is 0 Å². The summed E-state index contributed by atoms with van der Waals surface area (Å²) in [5.74, 6) is -0.513. The fraction of sp³-hybridized carbons (Fsp3) is 0.611. The summed E-state index contributed by atoms with van der Waals surface area (Å²) in [7, 11) is -2.90. The van der Waals surface area contributed by atoms with E-state index in [9.17, 15) is 13.2 Å². The lowest BCUT2D eigenvalue weighted by molar-refractivity contribution is -0.136. The Balaban J connectivity index is 2.19. The lowest BCUT2D eigenvalue weighted by Crippen LogP contribution is -2.17. The van der Waals surface area contributed by atoms with Gasteiger partial charge in [-0.05, 0) is 44.2 Å². The van der Waals surface area contributed by atoms with Gasteiger partial charge < -0.3 is 5.11 Å². The average Bonchev–Trinajstić information content (AvgIpc) is 2.45. The van der Waals surface area contributed by atoms with Crippen LogP contribution in [0.25, 0.3) is 0 Å². The van der Waals surface area contributed by atoms with Gasteiger partial charge in [0.1, 0.15) is 0 Å². The van der Waals surface area contributed by atoms with Gasteiger partial charge in [0.05, 0.1) is 17.4 Å². The quantitative estimate of drug-likeness (QED) is 0.624. The van der Waals surface area contributed by atoms with Gasteiger partial charge in [0.2, 0.25) is 0 Å². The molecule has 4 nitrogen and oxygen atoms in total. The summed E-state index contributed by atoms with van der Waals surface area (Å²) in [6, 6.07) is 7.74. The number of rotatable bonds is 11. The number of carbonyl (C=O) groups is 1. The molecule has 0 bridgehead atoms. The van der Waals surface area contributed by atoms with Crippen molar-refractivity contribution >= 4 is 15.8 Å². The van der Waals surface area contributed by atoms with E-state index < -0.39 is 15.8 Å². The molecule has 0 saturated heterocycles. The standard InChI is InChI=1S/C18H28O4S/c1-15(2)23(21,22)12-7-5-3-4-6-9-16-10-8-11-17(13-16)14-18(19)20/h8,10-11,13,15H,3-7,9,12,14H2,1-2H3,(H,19,20). The molecule has 0 atom stereocenters. The fourth-order valence-corrected chi connectivity index (χ4v) is 3.55. The summed E-state index contributed by atoms with van der Waals surface area (Å²) in [6.07, 6.45) is 5.87. The van der Waals surface area contributed by atoms with Crippen molar-refractivity contribution in [1.82, 2.24) is 0 Å². The molecule has 0 aromatic heterocycles. The average molecular weight is 340 g/mol. The Bertz CT molecular complexity index is 591. The first-order valence-electron chi connectivity index (χ1n) is 8.32. The minimum atomic E-state index is -2.90. The van der Waals surface area contributed by atoms with E-state index in [1.807, 2.05) is 24.3 Å². The Labute approximate surface area is 139 Å². The van der Waals surface area contributed by atoms with Gasteiger partial charge in [-0.1, -0.05) is 43.5 Å². The Morgan fingerprint density at radius 1 is 1.04 bits per heavy atom. The van der Waals surface area contributed by atoms with E-state index in [4.69, 9.17) is 5.11 Å². The van der Waals surface area contributed by atoms with Crippen LogP contribution in [0, 0.1) is 0 Å². The number of aryl methyl sites for hydroxylation is 1. The van der Waals surface area contributed by atoms with Crippen LogP contribution in [-0.4, -0.2) is 30.5 Å². The maximum Gasteiger partial charge on any atom is 0.307 e. The van der Waals surface area contributed by atoms with E-state index in [1.165, 1.54) is 5.56 Å². The minimum Gasteiger partial charge on any atom is -0.481 e. The SMILES string of the molecule is CC(C)S(=O)(=O)CCCCCCCc1cccc(CC(=O)O)c1. The second-order valence-corrected chi connectivity index (χ2v) is 9.00. The van der Waals surface area contributed by atoms with Crippen molar-refractivity contribution in [2.24, 2.45) is 0 Å². The first-order chi connectivity index (χ1) is 10.8. The van der Waals surface area contributed by atoms with Crippen LogP contribution in [0.2, 0.25) is 0 Å². The topological polar surface area (TPSA) is 71.4 Å². The monoisotopic (exact) mass is 340 g/mol. The Morgan fingerprint density at radius 3 is 2.30 bits per heavy atom. The van der Waals surface area contributed by atoms with Gasteiger partial charge in [-0.3, -0.25) is 4.79 Å². The van der Waals surface area contributed by atoms with Gasteiger partial charge in [0.15, 0.2) is 9.84 Å². The highest BCUT2D eigenvalue weighted by Gasteiger charge is 2.14. The van der Waals surface area contributed by atoms with Gasteiger partial charge in [0.25, 0.3) is 0 Å². The van der Waals surface area contributed by atoms with Crippen LogP contribution in [0.1, 0.15) is 57.1 Å². The maximum absolute atomic E-state index is 11.7. The van der Waals surface area contributed by atoms with Crippen molar-refractivity contribution < 1.29 is 18.3 Å². The summed E-state index contributed by atoms with van der Waals surface area (Å²) in [5.41, 5.74) is 2.01. The van der Waals surface area contributed by atoms with Crippen molar-refractivity contribution in [3.8, 4) is 0 Å². The fourth-order valence-electron chi connectivity index (χ4n) is 2.47. The van der Waals surface area contributed by atoms with Gasteiger partial charge >= 0.3 is 5.97 Å². The third kappa shape index (κ3) is 8.16. The second-order valence-electron chi connectivity index (χ2n) is 6.32. The van der Waals surface area contributed by atoms with Crippen LogP contribution in [0.15, 0.2) is 24.3 Å². The zero-order valence-electron chi connectivity index (χ0n) is 14.1. The first-order valence-corrected chi connectivity index (χ1v) is 10.0. The van der Waals surface area contributed by atoms with E-state index >= 15 is 0 Å². The molecular weight excluding hydrogens is 312 g/mol. The third-order valence-corrected chi connectivity index (χ3v) is 6.25. The van der Waals surface area contributed by atoms with E-state index in [0.717, 1.165) is 44.1 Å². The molecule has 1 rings (SSSR count). The minimum absolute atomic E-state index is 0.0676. The molecule has 5 heteroatoms. The van der Waals surface area contributed by atoms with Gasteiger partial charge in [-0.2, -0.15) is 0 Å². The summed E-state index contributed by atoms with van der Waals surface area (Å²) in [5, 5.41) is 8.53. The molecule has 1 aromatic rings. The van der Waals surface area contributed by atoms with Gasteiger partial charge in [-0.15, -0.1) is 0 Å². The van der Waals surface area contributed by atoms with Crippen LogP contribution in [0.3, 0.4) is 0 Å². The number of hydrogen-bond donors (Lipinski definition) is 1. The molecule has 0 spiro atoms. The number of unbranched alkanes of at least 4 members (excludes halogenated alkanes) is 4. The molecule has 0 unspecified atom stereocenters. The molecule has 0 aliphatic carbocycles. The molecule has 0 fully saturated rings. The molecular formula is C18H28O4S. The largest absolute Gasteiger partial charge is 0.481 e. The molecule has 0 aliphatic rings. The summed E-state index contributed by atoms with van der Waals surface area (Å²) < 4.78 is 23.3. The molecule has 130 valence electrons. The lowest BCUT2D eigenvalue weighted by Gasteiger charge is -2.07. The van der Waals surface area contributed by atoms with Crippen LogP contribution >= 0.6 is 0 Å². The summed E-state index contributed by atoms with van der Waals surface area (Å²) in [4.78, 5) is 10.7. The van der Waals surface area contributed by atoms with E-state index in [-0.39, 0.29) is 11.7 Å². The number of benzene rings is 1. The highest BCUT2D eigenvalue weighted by molar-refractivity contribution is 7.91. The van der Waals surface area contributed by atoms with Crippen LogP contribution in [0.4, 0.5) is 0 Å². The van der Waals surface area contributed by atoms with Crippen molar-refractivity contribution in [2.75, 3.05) is 5.75 Å². The third-order valence-electron chi connectivity index (χ3n) is 3.96. The van der Waals surface area contributed by atoms with E-state index in [1.54, 1.807) is 13.8 Å². The molecule has 1 N–H and O–H groups in total. The Kier molecular flexibility index (Phi) is 8.31. The Hall–Kier alpha value is -1.36. The normalized spacial score (nSPS) is 11.8. The molecule has 0 saturated carbocycles. The second kappa shape index (κ2) is 9.71. The predicted molar refractivity (Wildman–Crippen MR) is 93.5 cm³/mol. The molecule has 0 aliphatic heterocycles. The highest BCUT2D eigenvalue weighted by atomic mass is 32.2. The van der Waals surface area contributed by atoms with Crippen molar-refractivity contribution in [1.29, 1.82) is 0 Å². The van der Waals surface area contributed by atoms with E-state index in [0.29, 0.717) is 5.75 Å². The van der Waals surface area contributed by atoms with Crippen molar-refractivity contribution in [3.63, 3.8) is 0 Å². The Morgan fingerprint density at radius 2 is 1.65 bits per heavy atom.